The molecule has 3 nitrogen and oxygen atoms in total. The van der Waals surface area contributed by atoms with Crippen LogP contribution in [0.1, 0.15) is 30.1 Å². The van der Waals surface area contributed by atoms with Gasteiger partial charge in [-0.3, -0.25) is 9.69 Å². The molecule has 0 radical (unpaired) electrons. The van der Waals surface area contributed by atoms with Crippen molar-refractivity contribution in [3.63, 3.8) is 0 Å². The summed E-state index contributed by atoms with van der Waals surface area (Å²) in [4.78, 5) is 14.4. The number of nitrogens with zero attached hydrogens (tertiary/aromatic N) is 1. The summed E-state index contributed by atoms with van der Waals surface area (Å²) in [6.45, 7) is 4.97. The summed E-state index contributed by atoms with van der Waals surface area (Å²) in [5.41, 5.74) is 0.564. The number of benzene rings is 1. The maximum absolute atomic E-state index is 12.2. The first-order chi connectivity index (χ1) is 8.70. The van der Waals surface area contributed by atoms with Gasteiger partial charge in [0, 0.05) is 5.56 Å². The maximum atomic E-state index is 12.2. The average Bonchev–Trinajstić information content (AvgIpc) is 2.84. The molecule has 4 heteroatoms. The predicted molar refractivity (Wildman–Crippen MR) is 72.6 cm³/mol. The van der Waals surface area contributed by atoms with Gasteiger partial charge < -0.3 is 4.74 Å². The van der Waals surface area contributed by atoms with Crippen molar-refractivity contribution in [1.82, 2.24) is 4.90 Å². The van der Waals surface area contributed by atoms with Crippen molar-refractivity contribution in [2.24, 2.45) is 0 Å². The van der Waals surface area contributed by atoms with Gasteiger partial charge in [0.2, 0.25) is 0 Å². The van der Waals surface area contributed by atoms with E-state index in [2.05, 4.69) is 4.90 Å². The first-order valence-corrected chi connectivity index (χ1v) is 6.76. The molecule has 2 rings (SSSR count). The number of hydrogen-bond donors (Lipinski definition) is 0. The number of Topliss-reactive ketones (excluding diaryl/α,β-unsaturated/α-hetero) is 1. The first-order valence-electron chi connectivity index (χ1n) is 6.38. The lowest BCUT2D eigenvalue weighted by atomic mass is 10.1. The van der Waals surface area contributed by atoms with Gasteiger partial charge in [0.15, 0.2) is 5.78 Å². The topological polar surface area (TPSA) is 29.5 Å². The number of carbonyl (C=O) groups is 1. The van der Waals surface area contributed by atoms with Crippen molar-refractivity contribution in [3.8, 4) is 5.75 Å². The Labute approximate surface area is 113 Å². The molecule has 0 aliphatic carbocycles. The molecule has 18 heavy (non-hydrogen) atoms. The molecule has 1 aliphatic rings. The minimum absolute atomic E-state index is 0.0726. The number of carbonyl (C=O) groups excluding carboxylic acids is 1. The van der Waals surface area contributed by atoms with Crippen LogP contribution in [0.4, 0.5) is 0 Å². The Bertz CT molecular complexity index is 428. The lowest BCUT2D eigenvalue weighted by molar-refractivity contribution is 0.0945. The van der Waals surface area contributed by atoms with Gasteiger partial charge in [-0.05, 0) is 51.1 Å². The van der Waals surface area contributed by atoms with Crippen LogP contribution in [0, 0.1) is 0 Å². The quantitative estimate of drug-likeness (QED) is 0.768. The molecule has 1 saturated heterocycles. The van der Waals surface area contributed by atoms with Crippen LogP contribution in [0.25, 0.3) is 0 Å². The summed E-state index contributed by atoms with van der Waals surface area (Å²) >= 11 is 6.08. The number of ether oxygens (including phenoxy) is 1. The highest BCUT2D eigenvalue weighted by molar-refractivity contribution is 6.34. The Morgan fingerprint density at radius 3 is 2.78 bits per heavy atom. The van der Waals surface area contributed by atoms with E-state index in [9.17, 15) is 4.79 Å². The number of halogens is 1. The van der Waals surface area contributed by atoms with Crippen LogP contribution in [-0.2, 0) is 0 Å². The van der Waals surface area contributed by atoms with Crippen LogP contribution >= 0.6 is 11.6 Å². The average molecular weight is 268 g/mol. The van der Waals surface area contributed by atoms with Crippen LogP contribution in [0.2, 0.25) is 5.02 Å². The number of ketones is 1. The smallest absolute Gasteiger partial charge is 0.178 e. The van der Waals surface area contributed by atoms with Crippen LogP contribution in [0.5, 0.6) is 5.75 Å². The van der Waals surface area contributed by atoms with Gasteiger partial charge in [-0.2, -0.15) is 0 Å². The zero-order valence-electron chi connectivity index (χ0n) is 10.6. The molecule has 0 bridgehead atoms. The van der Waals surface area contributed by atoms with E-state index in [4.69, 9.17) is 16.3 Å². The van der Waals surface area contributed by atoms with Crippen molar-refractivity contribution in [3.05, 3.63) is 28.8 Å². The molecule has 0 aromatic heterocycles. The Morgan fingerprint density at radius 1 is 1.39 bits per heavy atom. The van der Waals surface area contributed by atoms with Crippen molar-refractivity contribution >= 4 is 17.4 Å². The molecular formula is C14H18ClNO2. The monoisotopic (exact) mass is 267 g/mol. The Morgan fingerprint density at radius 2 is 2.11 bits per heavy atom. The van der Waals surface area contributed by atoms with Crippen LogP contribution in [-0.4, -0.2) is 36.9 Å². The van der Waals surface area contributed by atoms with E-state index in [0.717, 1.165) is 13.1 Å². The first kappa shape index (κ1) is 13.4. The third kappa shape index (κ3) is 3.24. The van der Waals surface area contributed by atoms with E-state index in [1.807, 2.05) is 6.92 Å². The lowest BCUT2D eigenvalue weighted by Gasteiger charge is -2.14. The molecule has 98 valence electrons. The highest BCUT2D eigenvalue weighted by Gasteiger charge is 2.18. The van der Waals surface area contributed by atoms with Gasteiger partial charge in [-0.25, -0.2) is 0 Å². The molecule has 1 aromatic rings. The molecule has 0 amide bonds. The molecule has 0 spiro atoms. The van der Waals surface area contributed by atoms with Gasteiger partial charge in [-0.15, -0.1) is 0 Å². The summed E-state index contributed by atoms with van der Waals surface area (Å²) < 4.78 is 5.40. The van der Waals surface area contributed by atoms with Gasteiger partial charge in [0.25, 0.3) is 0 Å². The summed E-state index contributed by atoms with van der Waals surface area (Å²) in [5, 5.41) is 0.502. The molecule has 1 fully saturated rings. The van der Waals surface area contributed by atoms with Gasteiger partial charge in [0.1, 0.15) is 5.75 Å². The van der Waals surface area contributed by atoms with Gasteiger partial charge >= 0.3 is 0 Å². The fraction of sp³-hybridized carbons (Fsp3) is 0.500. The van der Waals surface area contributed by atoms with Crippen LogP contribution in [0.3, 0.4) is 0 Å². The number of hydrogen-bond acceptors (Lipinski definition) is 3. The number of rotatable bonds is 5. The van der Waals surface area contributed by atoms with E-state index in [0.29, 0.717) is 29.5 Å². The Balaban J connectivity index is 2.09. The second-order valence-electron chi connectivity index (χ2n) is 4.48. The van der Waals surface area contributed by atoms with Crippen molar-refractivity contribution in [1.29, 1.82) is 0 Å². The molecule has 1 aromatic carbocycles. The molecular weight excluding hydrogens is 250 g/mol. The zero-order valence-corrected chi connectivity index (χ0v) is 11.4. The van der Waals surface area contributed by atoms with E-state index >= 15 is 0 Å². The van der Waals surface area contributed by atoms with Crippen LogP contribution < -0.4 is 4.74 Å². The van der Waals surface area contributed by atoms with E-state index < -0.39 is 0 Å². The molecule has 0 saturated carbocycles. The third-order valence-electron chi connectivity index (χ3n) is 3.12. The largest absolute Gasteiger partial charge is 0.494 e. The summed E-state index contributed by atoms with van der Waals surface area (Å²) in [7, 11) is 0. The molecule has 0 unspecified atom stereocenters. The van der Waals surface area contributed by atoms with E-state index in [1.54, 1.807) is 18.2 Å². The van der Waals surface area contributed by atoms with Crippen molar-refractivity contribution in [2.45, 2.75) is 19.8 Å². The van der Waals surface area contributed by atoms with E-state index in [1.165, 1.54) is 12.8 Å². The van der Waals surface area contributed by atoms with Crippen LogP contribution in [0.15, 0.2) is 18.2 Å². The normalized spacial score (nSPS) is 15.9. The van der Waals surface area contributed by atoms with E-state index in [-0.39, 0.29) is 5.78 Å². The highest BCUT2D eigenvalue weighted by atomic mass is 35.5. The van der Waals surface area contributed by atoms with Crippen molar-refractivity contribution < 1.29 is 9.53 Å². The molecule has 0 N–H and O–H groups in total. The summed E-state index contributed by atoms with van der Waals surface area (Å²) in [5.74, 6) is 0.773. The second-order valence-corrected chi connectivity index (χ2v) is 4.89. The summed E-state index contributed by atoms with van der Waals surface area (Å²) in [6.07, 6.45) is 2.36. The third-order valence-corrected chi connectivity index (χ3v) is 3.44. The molecule has 0 atom stereocenters. The fourth-order valence-electron chi connectivity index (χ4n) is 2.20. The summed E-state index contributed by atoms with van der Waals surface area (Å²) in [6, 6.07) is 5.26. The van der Waals surface area contributed by atoms with Gasteiger partial charge in [0.05, 0.1) is 18.2 Å². The van der Waals surface area contributed by atoms with Crippen molar-refractivity contribution in [2.75, 3.05) is 26.2 Å². The Hall–Kier alpha value is -1.06. The minimum atomic E-state index is 0.0726. The highest BCUT2D eigenvalue weighted by Crippen LogP contribution is 2.23. The van der Waals surface area contributed by atoms with Gasteiger partial charge in [-0.1, -0.05) is 11.6 Å². The maximum Gasteiger partial charge on any atom is 0.178 e. The number of likely N-dealkylation sites (tertiary alicyclic amines) is 1. The fourth-order valence-corrected chi connectivity index (χ4v) is 2.43. The zero-order chi connectivity index (χ0) is 13.0. The predicted octanol–water partition coefficient (Wildman–Crippen LogP) is 3.02. The Kier molecular flexibility index (Phi) is 4.61. The second kappa shape index (κ2) is 6.21. The molecule has 1 aliphatic heterocycles. The minimum Gasteiger partial charge on any atom is -0.494 e. The SMILES string of the molecule is CCOc1ccc(Cl)c(C(=O)CN2CCCC2)c1. The lowest BCUT2D eigenvalue weighted by Crippen LogP contribution is -2.27. The molecule has 1 heterocycles. The standard InChI is InChI=1S/C14H18ClNO2/c1-2-18-11-5-6-13(15)12(9-11)14(17)10-16-7-3-4-8-16/h5-6,9H,2-4,7-8,10H2,1H3.